The number of benzene rings is 2. The Morgan fingerprint density at radius 2 is 2.08 bits per heavy atom. The third-order valence-corrected chi connectivity index (χ3v) is 3.27. The second-order valence-corrected chi connectivity index (χ2v) is 5.11. The van der Waals surface area contributed by atoms with E-state index in [0.29, 0.717) is 16.5 Å². The Bertz CT molecular complexity index is 785. The smallest absolute Gasteiger partial charge is 0.306 e. The summed E-state index contributed by atoms with van der Waals surface area (Å²) in [4.78, 5) is 21.8. The van der Waals surface area contributed by atoms with Crippen molar-refractivity contribution in [1.82, 2.24) is 0 Å². The molecule has 7 nitrogen and oxygen atoms in total. The number of methoxy groups -OCH3 is 1. The van der Waals surface area contributed by atoms with Gasteiger partial charge in [-0.15, -0.1) is 0 Å². The molecule has 0 bridgehead atoms. The van der Waals surface area contributed by atoms with E-state index in [1.807, 2.05) is 0 Å². The Kier molecular flexibility index (Phi) is 5.54. The van der Waals surface area contributed by atoms with E-state index in [0.717, 1.165) is 12.1 Å². The van der Waals surface area contributed by atoms with Gasteiger partial charge in [0.25, 0.3) is 0 Å². The first-order chi connectivity index (χ1) is 11.4. The number of anilines is 2. The fourth-order valence-electron chi connectivity index (χ4n) is 1.92. The van der Waals surface area contributed by atoms with Crippen molar-refractivity contribution < 1.29 is 18.8 Å². The summed E-state index contributed by atoms with van der Waals surface area (Å²) in [6, 6.07) is 8.03. The van der Waals surface area contributed by atoms with Crippen molar-refractivity contribution in [2.45, 2.75) is 0 Å². The zero-order chi connectivity index (χ0) is 17.7. The van der Waals surface area contributed by atoms with Gasteiger partial charge in [-0.05, 0) is 30.3 Å². The number of nitro benzene ring substituents is 1. The van der Waals surface area contributed by atoms with E-state index in [9.17, 15) is 19.3 Å². The van der Waals surface area contributed by atoms with Crippen LogP contribution in [0.3, 0.4) is 0 Å². The quantitative estimate of drug-likeness (QED) is 0.613. The molecule has 1 amide bonds. The van der Waals surface area contributed by atoms with Gasteiger partial charge in [-0.3, -0.25) is 14.9 Å². The molecule has 24 heavy (non-hydrogen) atoms. The fraction of sp³-hybridized carbons (Fsp3) is 0.133. The number of carbonyl (C=O) groups is 1. The molecule has 0 aromatic heterocycles. The molecule has 0 aliphatic heterocycles. The van der Waals surface area contributed by atoms with Gasteiger partial charge >= 0.3 is 5.69 Å². The zero-order valence-corrected chi connectivity index (χ0v) is 13.3. The Morgan fingerprint density at radius 1 is 1.33 bits per heavy atom. The molecule has 0 unspecified atom stereocenters. The van der Waals surface area contributed by atoms with Gasteiger partial charge < -0.3 is 15.4 Å². The predicted octanol–water partition coefficient (Wildman–Crippen LogP) is 3.45. The minimum Gasteiger partial charge on any atom is -0.495 e. The number of nitrogens with zero attached hydrogens (tertiary/aromatic N) is 1. The van der Waals surface area contributed by atoms with Crippen molar-refractivity contribution in [3.63, 3.8) is 0 Å². The molecule has 2 N–H and O–H groups in total. The molecule has 2 aromatic carbocycles. The lowest BCUT2D eigenvalue weighted by Crippen LogP contribution is -2.22. The van der Waals surface area contributed by atoms with E-state index < -0.39 is 22.3 Å². The number of nitro groups is 1. The topological polar surface area (TPSA) is 93.5 Å². The minimum atomic E-state index is -0.946. The highest BCUT2D eigenvalue weighted by Crippen LogP contribution is 2.27. The van der Waals surface area contributed by atoms with Gasteiger partial charge in [-0.1, -0.05) is 11.6 Å². The Balaban J connectivity index is 2.03. The van der Waals surface area contributed by atoms with Crippen LogP contribution in [-0.4, -0.2) is 24.5 Å². The highest BCUT2D eigenvalue weighted by atomic mass is 35.5. The lowest BCUT2D eigenvalue weighted by atomic mass is 10.2. The van der Waals surface area contributed by atoms with Crippen LogP contribution in [0.25, 0.3) is 0 Å². The summed E-state index contributed by atoms with van der Waals surface area (Å²) >= 11 is 5.87. The van der Waals surface area contributed by atoms with Crippen molar-refractivity contribution in [3.8, 4) is 5.75 Å². The maximum absolute atomic E-state index is 13.3. The summed E-state index contributed by atoms with van der Waals surface area (Å²) < 4.78 is 18.4. The Labute approximate surface area is 141 Å². The summed E-state index contributed by atoms with van der Waals surface area (Å²) in [5, 5.41) is 16.4. The van der Waals surface area contributed by atoms with Crippen molar-refractivity contribution >= 4 is 34.6 Å². The number of amides is 1. The van der Waals surface area contributed by atoms with Gasteiger partial charge in [0, 0.05) is 16.8 Å². The zero-order valence-electron chi connectivity index (χ0n) is 12.5. The van der Waals surface area contributed by atoms with Crippen LogP contribution in [0.5, 0.6) is 5.75 Å². The summed E-state index contributed by atoms with van der Waals surface area (Å²) in [5.41, 5.74) is -0.0323. The molecule has 9 heteroatoms. The third-order valence-electron chi connectivity index (χ3n) is 3.03. The van der Waals surface area contributed by atoms with Crippen molar-refractivity contribution in [2.75, 3.05) is 24.3 Å². The van der Waals surface area contributed by atoms with Crippen LogP contribution < -0.4 is 15.4 Å². The van der Waals surface area contributed by atoms with Crippen LogP contribution in [0.15, 0.2) is 36.4 Å². The maximum atomic E-state index is 13.3. The maximum Gasteiger partial charge on any atom is 0.306 e. The molecular weight excluding hydrogens is 341 g/mol. The van der Waals surface area contributed by atoms with Gasteiger partial charge in [0.05, 0.1) is 24.3 Å². The SMILES string of the molecule is COc1ccc(Cl)cc1NC(=O)CNc1ccc(F)c([N+](=O)[O-])c1. The molecule has 0 radical (unpaired) electrons. The highest BCUT2D eigenvalue weighted by molar-refractivity contribution is 6.31. The van der Waals surface area contributed by atoms with E-state index in [1.165, 1.54) is 19.2 Å². The van der Waals surface area contributed by atoms with Crippen molar-refractivity contribution in [2.24, 2.45) is 0 Å². The van der Waals surface area contributed by atoms with E-state index in [2.05, 4.69) is 10.6 Å². The largest absolute Gasteiger partial charge is 0.495 e. The molecule has 0 saturated carbocycles. The van der Waals surface area contributed by atoms with E-state index in [4.69, 9.17) is 16.3 Å². The molecule has 0 atom stereocenters. The van der Waals surface area contributed by atoms with Gasteiger partial charge in [-0.25, -0.2) is 0 Å². The normalized spacial score (nSPS) is 10.1. The van der Waals surface area contributed by atoms with E-state index in [-0.39, 0.29) is 12.2 Å². The second-order valence-electron chi connectivity index (χ2n) is 4.67. The molecule has 0 aliphatic carbocycles. The molecular formula is C15H13ClFN3O4. The number of carbonyl (C=O) groups excluding carboxylic acids is 1. The summed E-state index contributed by atoms with van der Waals surface area (Å²) in [7, 11) is 1.45. The number of ether oxygens (including phenoxy) is 1. The molecule has 0 spiro atoms. The summed E-state index contributed by atoms with van der Waals surface area (Å²) in [5.74, 6) is -0.939. The second kappa shape index (κ2) is 7.60. The fourth-order valence-corrected chi connectivity index (χ4v) is 2.09. The van der Waals surface area contributed by atoms with Gasteiger partial charge in [0.1, 0.15) is 5.75 Å². The first-order valence-electron chi connectivity index (χ1n) is 6.72. The average Bonchev–Trinajstić information content (AvgIpc) is 2.54. The van der Waals surface area contributed by atoms with Gasteiger partial charge in [-0.2, -0.15) is 4.39 Å². The lowest BCUT2D eigenvalue weighted by Gasteiger charge is -2.11. The van der Waals surface area contributed by atoms with E-state index >= 15 is 0 Å². The molecule has 0 aliphatic rings. The molecule has 126 valence electrons. The van der Waals surface area contributed by atoms with Crippen molar-refractivity contribution in [3.05, 3.63) is 57.4 Å². The molecule has 2 rings (SSSR count). The molecule has 0 saturated heterocycles. The first kappa shape index (κ1) is 17.5. The number of nitrogens with one attached hydrogen (secondary N) is 2. The van der Waals surface area contributed by atoms with Crippen LogP contribution in [-0.2, 0) is 4.79 Å². The first-order valence-corrected chi connectivity index (χ1v) is 7.09. The number of halogens is 2. The minimum absolute atomic E-state index is 0.182. The highest BCUT2D eigenvalue weighted by Gasteiger charge is 2.15. The Morgan fingerprint density at radius 3 is 2.75 bits per heavy atom. The lowest BCUT2D eigenvalue weighted by molar-refractivity contribution is -0.387. The third kappa shape index (κ3) is 4.32. The monoisotopic (exact) mass is 353 g/mol. The van der Waals surface area contributed by atoms with Crippen LogP contribution in [0.4, 0.5) is 21.5 Å². The van der Waals surface area contributed by atoms with E-state index in [1.54, 1.807) is 12.1 Å². The number of hydrogen-bond donors (Lipinski definition) is 2. The van der Waals surface area contributed by atoms with Crippen LogP contribution in [0.1, 0.15) is 0 Å². The summed E-state index contributed by atoms with van der Waals surface area (Å²) in [6.45, 7) is -0.182. The van der Waals surface area contributed by atoms with Crippen LogP contribution in [0.2, 0.25) is 5.02 Å². The summed E-state index contributed by atoms with van der Waals surface area (Å²) in [6.07, 6.45) is 0. The van der Waals surface area contributed by atoms with Crippen molar-refractivity contribution in [1.29, 1.82) is 0 Å². The number of rotatable bonds is 6. The van der Waals surface area contributed by atoms with Gasteiger partial charge in [0.2, 0.25) is 11.7 Å². The van der Waals surface area contributed by atoms with Crippen LogP contribution >= 0.6 is 11.6 Å². The van der Waals surface area contributed by atoms with Crippen LogP contribution in [0, 0.1) is 15.9 Å². The predicted molar refractivity (Wildman–Crippen MR) is 88.2 cm³/mol. The Hall–Kier alpha value is -2.87. The average molecular weight is 354 g/mol. The molecule has 2 aromatic rings. The number of hydrogen-bond acceptors (Lipinski definition) is 5. The molecule has 0 heterocycles. The van der Waals surface area contributed by atoms with Gasteiger partial charge in [0.15, 0.2) is 0 Å². The standard InChI is InChI=1S/C15H13ClFN3O4/c1-24-14-5-2-9(16)6-12(14)19-15(21)8-18-10-3-4-11(17)13(7-10)20(22)23/h2-7,18H,8H2,1H3,(H,19,21). The molecule has 0 fully saturated rings.